The van der Waals surface area contributed by atoms with Gasteiger partial charge in [-0.05, 0) is 31.6 Å². The summed E-state index contributed by atoms with van der Waals surface area (Å²) in [6.07, 6.45) is 12.2. The second kappa shape index (κ2) is 7.28. The molecule has 2 aliphatic carbocycles. The molecule has 110 valence electrons. The van der Waals surface area contributed by atoms with Crippen LogP contribution in [-0.2, 0) is 4.79 Å². The zero-order valence-corrected chi connectivity index (χ0v) is 12.4. The highest BCUT2D eigenvalue weighted by atomic mass is 16.2. The summed E-state index contributed by atoms with van der Waals surface area (Å²) in [5.41, 5.74) is 6.17. The lowest BCUT2D eigenvalue weighted by Crippen LogP contribution is -2.49. The Balaban J connectivity index is 1.87. The van der Waals surface area contributed by atoms with Crippen LogP contribution in [0.3, 0.4) is 0 Å². The third-order valence-corrected chi connectivity index (χ3v) is 5.03. The van der Waals surface area contributed by atoms with Gasteiger partial charge in [-0.1, -0.05) is 45.4 Å². The molecule has 0 heterocycles. The molecular formula is C16H30N2O. The van der Waals surface area contributed by atoms with Crippen LogP contribution in [0.2, 0.25) is 0 Å². The van der Waals surface area contributed by atoms with Crippen molar-refractivity contribution in [1.29, 1.82) is 0 Å². The topological polar surface area (TPSA) is 55.1 Å². The van der Waals surface area contributed by atoms with E-state index in [1.807, 2.05) is 0 Å². The van der Waals surface area contributed by atoms with Crippen molar-refractivity contribution in [2.24, 2.45) is 17.6 Å². The molecule has 0 spiro atoms. The third kappa shape index (κ3) is 4.20. The van der Waals surface area contributed by atoms with Crippen LogP contribution in [0, 0.1) is 11.8 Å². The van der Waals surface area contributed by atoms with E-state index in [1.54, 1.807) is 0 Å². The average molecular weight is 266 g/mol. The van der Waals surface area contributed by atoms with E-state index in [-0.39, 0.29) is 17.9 Å². The van der Waals surface area contributed by atoms with E-state index in [2.05, 4.69) is 12.2 Å². The van der Waals surface area contributed by atoms with Crippen LogP contribution in [0.5, 0.6) is 0 Å². The van der Waals surface area contributed by atoms with Crippen LogP contribution in [0.4, 0.5) is 0 Å². The van der Waals surface area contributed by atoms with Crippen LogP contribution in [0.15, 0.2) is 0 Å². The summed E-state index contributed by atoms with van der Waals surface area (Å²) in [5.74, 6) is 0.710. The van der Waals surface area contributed by atoms with Crippen molar-refractivity contribution in [1.82, 2.24) is 5.32 Å². The second-order valence-electron chi connectivity index (χ2n) is 6.65. The van der Waals surface area contributed by atoms with Crippen molar-refractivity contribution in [2.75, 3.05) is 0 Å². The molecule has 2 rings (SSSR count). The molecule has 3 heteroatoms. The van der Waals surface area contributed by atoms with E-state index >= 15 is 0 Å². The number of rotatable bonds is 2. The lowest BCUT2D eigenvalue weighted by molar-refractivity contribution is -0.129. The van der Waals surface area contributed by atoms with E-state index in [0.717, 1.165) is 25.7 Å². The fraction of sp³-hybridized carbons (Fsp3) is 0.938. The zero-order valence-electron chi connectivity index (χ0n) is 12.4. The molecule has 0 aromatic carbocycles. The fourth-order valence-corrected chi connectivity index (χ4v) is 3.81. The molecule has 19 heavy (non-hydrogen) atoms. The predicted octanol–water partition coefficient (Wildman–Crippen LogP) is 2.98. The van der Waals surface area contributed by atoms with Crippen LogP contribution in [0.25, 0.3) is 0 Å². The number of nitrogens with two attached hydrogens (primary N) is 1. The summed E-state index contributed by atoms with van der Waals surface area (Å²) >= 11 is 0. The number of carbonyl (C=O) groups is 1. The third-order valence-electron chi connectivity index (χ3n) is 5.03. The monoisotopic (exact) mass is 266 g/mol. The van der Waals surface area contributed by atoms with Gasteiger partial charge in [0, 0.05) is 12.1 Å². The quantitative estimate of drug-likeness (QED) is 0.807. The molecule has 0 bridgehead atoms. The van der Waals surface area contributed by atoms with Crippen LogP contribution in [0.1, 0.15) is 71.1 Å². The first-order valence-electron chi connectivity index (χ1n) is 8.24. The van der Waals surface area contributed by atoms with Crippen molar-refractivity contribution in [3.05, 3.63) is 0 Å². The van der Waals surface area contributed by atoms with E-state index in [4.69, 9.17) is 5.73 Å². The van der Waals surface area contributed by atoms with Gasteiger partial charge in [-0.2, -0.15) is 0 Å². The first-order valence-corrected chi connectivity index (χ1v) is 8.24. The Morgan fingerprint density at radius 3 is 2.21 bits per heavy atom. The largest absolute Gasteiger partial charge is 0.353 e. The Bertz CT molecular complexity index is 274. The van der Waals surface area contributed by atoms with E-state index < -0.39 is 0 Å². The molecule has 0 saturated heterocycles. The van der Waals surface area contributed by atoms with Crippen molar-refractivity contribution in [3.8, 4) is 0 Å². The van der Waals surface area contributed by atoms with E-state index in [9.17, 15) is 4.79 Å². The van der Waals surface area contributed by atoms with Crippen molar-refractivity contribution in [2.45, 2.75) is 83.2 Å². The normalized spacial score (nSPS) is 34.3. The molecule has 1 amide bonds. The van der Waals surface area contributed by atoms with Gasteiger partial charge in [-0.25, -0.2) is 0 Å². The minimum atomic E-state index is 0.0409. The standard InChI is InChI=1S/C16H30N2O/c1-12-8-7-11-14(17)15(12)16(19)18-13-9-5-3-2-4-6-10-13/h12-15H,2-11,17H2,1H3,(H,18,19). The predicted molar refractivity (Wildman–Crippen MR) is 78.7 cm³/mol. The maximum Gasteiger partial charge on any atom is 0.225 e. The van der Waals surface area contributed by atoms with Gasteiger partial charge in [0.2, 0.25) is 5.91 Å². The highest BCUT2D eigenvalue weighted by Gasteiger charge is 2.34. The van der Waals surface area contributed by atoms with Gasteiger partial charge in [0.25, 0.3) is 0 Å². The Kier molecular flexibility index (Phi) is 5.68. The molecule has 3 N–H and O–H groups in total. The van der Waals surface area contributed by atoms with Gasteiger partial charge >= 0.3 is 0 Å². The molecule has 2 fully saturated rings. The van der Waals surface area contributed by atoms with Crippen molar-refractivity contribution in [3.63, 3.8) is 0 Å². The summed E-state index contributed by atoms with van der Waals surface area (Å²) < 4.78 is 0. The molecule has 0 aromatic rings. The summed E-state index contributed by atoms with van der Waals surface area (Å²) in [7, 11) is 0. The zero-order chi connectivity index (χ0) is 13.7. The molecule has 2 saturated carbocycles. The summed E-state index contributed by atoms with van der Waals surface area (Å²) in [6, 6.07) is 0.464. The van der Waals surface area contributed by atoms with Crippen LogP contribution < -0.4 is 11.1 Å². The number of hydrogen-bond acceptors (Lipinski definition) is 2. The maximum absolute atomic E-state index is 12.5. The lowest BCUT2D eigenvalue weighted by atomic mass is 9.76. The van der Waals surface area contributed by atoms with Gasteiger partial charge in [0.05, 0.1) is 5.92 Å². The Morgan fingerprint density at radius 2 is 1.58 bits per heavy atom. The SMILES string of the molecule is CC1CCCC(N)C1C(=O)NC1CCCCCCC1. The minimum Gasteiger partial charge on any atom is -0.353 e. The molecule has 3 unspecified atom stereocenters. The molecule has 3 atom stereocenters. The number of carbonyl (C=O) groups excluding carboxylic acids is 1. The Labute approximate surface area is 117 Å². The summed E-state index contributed by atoms with van der Waals surface area (Å²) in [6.45, 7) is 2.18. The molecule has 0 aliphatic heterocycles. The van der Waals surface area contributed by atoms with Gasteiger partial charge in [0.1, 0.15) is 0 Å². The first-order chi connectivity index (χ1) is 9.18. The molecule has 0 radical (unpaired) electrons. The van der Waals surface area contributed by atoms with Gasteiger partial charge < -0.3 is 11.1 Å². The van der Waals surface area contributed by atoms with Crippen LogP contribution >= 0.6 is 0 Å². The van der Waals surface area contributed by atoms with Gasteiger partial charge in [-0.15, -0.1) is 0 Å². The minimum absolute atomic E-state index is 0.0409. The number of amides is 1. The highest BCUT2D eigenvalue weighted by molar-refractivity contribution is 5.80. The molecule has 0 aromatic heterocycles. The van der Waals surface area contributed by atoms with E-state index in [0.29, 0.717) is 12.0 Å². The lowest BCUT2D eigenvalue weighted by Gasteiger charge is -2.34. The Hall–Kier alpha value is -0.570. The average Bonchev–Trinajstić information content (AvgIpc) is 2.32. The van der Waals surface area contributed by atoms with Crippen molar-refractivity contribution < 1.29 is 4.79 Å². The molecular weight excluding hydrogens is 236 g/mol. The summed E-state index contributed by atoms with van der Waals surface area (Å²) in [5, 5.41) is 3.30. The first kappa shape index (κ1) is 14.8. The second-order valence-corrected chi connectivity index (χ2v) is 6.65. The van der Waals surface area contributed by atoms with Crippen molar-refractivity contribution >= 4 is 5.91 Å². The Morgan fingerprint density at radius 1 is 0.947 bits per heavy atom. The van der Waals surface area contributed by atoms with Gasteiger partial charge in [-0.3, -0.25) is 4.79 Å². The van der Waals surface area contributed by atoms with Crippen LogP contribution in [-0.4, -0.2) is 18.0 Å². The molecule has 3 nitrogen and oxygen atoms in total. The van der Waals surface area contributed by atoms with E-state index in [1.165, 1.54) is 38.5 Å². The number of nitrogens with one attached hydrogen (secondary N) is 1. The van der Waals surface area contributed by atoms with Gasteiger partial charge in [0.15, 0.2) is 0 Å². The maximum atomic E-state index is 12.5. The fourth-order valence-electron chi connectivity index (χ4n) is 3.81. The smallest absolute Gasteiger partial charge is 0.225 e. The summed E-state index contributed by atoms with van der Waals surface area (Å²) in [4.78, 5) is 12.5. The molecule has 2 aliphatic rings. The highest BCUT2D eigenvalue weighted by Crippen LogP contribution is 2.29. The number of hydrogen-bond donors (Lipinski definition) is 2.